The molecule has 0 aliphatic rings. The van der Waals surface area contributed by atoms with Crippen LogP contribution in [0.4, 0.5) is 0 Å². The summed E-state index contributed by atoms with van der Waals surface area (Å²) in [5, 5.41) is -0.463. The van der Waals surface area contributed by atoms with Crippen molar-refractivity contribution >= 4 is 9.84 Å². The summed E-state index contributed by atoms with van der Waals surface area (Å²) >= 11 is 0. The zero-order valence-electron chi connectivity index (χ0n) is 8.49. The van der Waals surface area contributed by atoms with E-state index >= 15 is 0 Å². The van der Waals surface area contributed by atoms with Gasteiger partial charge in [-0.3, -0.25) is 0 Å². The van der Waals surface area contributed by atoms with Crippen molar-refractivity contribution < 1.29 is 13.2 Å². The van der Waals surface area contributed by atoms with Gasteiger partial charge in [0.1, 0.15) is 0 Å². The van der Waals surface area contributed by atoms with Crippen molar-refractivity contribution in [2.45, 2.75) is 31.6 Å². The van der Waals surface area contributed by atoms with Crippen LogP contribution in [0.2, 0.25) is 0 Å². The van der Waals surface area contributed by atoms with Gasteiger partial charge in [0, 0.05) is 13.2 Å². The first-order chi connectivity index (χ1) is 5.94. The van der Waals surface area contributed by atoms with Gasteiger partial charge in [-0.15, -0.1) is 0 Å². The minimum atomic E-state index is -3.08. The van der Waals surface area contributed by atoms with E-state index in [1.165, 1.54) is 7.11 Å². The maximum Gasteiger partial charge on any atom is 0.156 e. The first-order valence-corrected chi connectivity index (χ1v) is 6.11. The average Bonchev–Trinajstić information content (AvgIpc) is 2.04. The van der Waals surface area contributed by atoms with Crippen molar-refractivity contribution in [1.82, 2.24) is 0 Å². The van der Waals surface area contributed by atoms with Gasteiger partial charge in [0.2, 0.25) is 0 Å². The summed E-state index contributed by atoms with van der Waals surface area (Å²) in [6.07, 6.45) is 0.679. The second kappa shape index (κ2) is 5.57. The summed E-state index contributed by atoms with van der Waals surface area (Å²) in [6.45, 7) is 3.75. The molecule has 0 bridgehead atoms. The van der Waals surface area contributed by atoms with Crippen molar-refractivity contribution in [3.8, 4) is 0 Å². The second-order valence-electron chi connectivity index (χ2n) is 3.26. The lowest BCUT2D eigenvalue weighted by Crippen LogP contribution is -2.35. The van der Waals surface area contributed by atoms with Crippen LogP contribution in [0.25, 0.3) is 0 Å². The highest BCUT2D eigenvalue weighted by Crippen LogP contribution is 2.05. The molecule has 0 rings (SSSR count). The Morgan fingerprint density at radius 2 is 2.00 bits per heavy atom. The van der Waals surface area contributed by atoms with Gasteiger partial charge < -0.3 is 10.5 Å². The second-order valence-corrected chi connectivity index (χ2v) is 5.73. The predicted molar refractivity (Wildman–Crippen MR) is 53.4 cm³/mol. The first kappa shape index (κ1) is 12.9. The molecule has 5 heteroatoms. The Balaban J connectivity index is 4.23. The molecule has 0 saturated heterocycles. The molecule has 0 fully saturated rings. The molecular formula is C8H19NO3S. The van der Waals surface area contributed by atoms with E-state index in [-0.39, 0.29) is 18.4 Å². The molecule has 13 heavy (non-hydrogen) atoms. The number of nitrogens with two attached hydrogens (primary N) is 1. The Labute approximate surface area is 80.4 Å². The molecule has 2 atom stereocenters. The molecule has 0 aliphatic carbocycles. The normalized spacial score (nSPS) is 16.9. The number of ether oxygens (including phenoxy) is 1. The molecule has 0 aliphatic heterocycles. The molecule has 2 N–H and O–H groups in total. The number of rotatable bonds is 6. The number of methoxy groups -OCH3 is 1. The van der Waals surface area contributed by atoms with Crippen molar-refractivity contribution in [1.29, 1.82) is 0 Å². The maximum atomic E-state index is 11.5. The van der Waals surface area contributed by atoms with Gasteiger partial charge in [-0.05, 0) is 13.3 Å². The highest BCUT2D eigenvalue weighted by atomic mass is 32.2. The molecule has 0 saturated carbocycles. The Bertz CT molecular complexity index is 226. The minimum absolute atomic E-state index is 0.0496. The topological polar surface area (TPSA) is 69.4 Å². The van der Waals surface area contributed by atoms with Crippen molar-refractivity contribution in [2.75, 3.05) is 19.5 Å². The summed E-state index contributed by atoms with van der Waals surface area (Å²) in [5.41, 5.74) is 5.57. The van der Waals surface area contributed by atoms with E-state index in [4.69, 9.17) is 10.5 Å². The summed E-state index contributed by atoms with van der Waals surface area (Å²) in [4.78, 5) is 0. The van der Waals surface area contributed by atoms with Crippen LogP contribution in [0, 0.1) is 0 Å². The van der Waals surface area contributed by atoms with E-state index in [0.717, 1.165) is 0 Å². The van der Waals surface area contributed by atoms with E-state index in [9.17, 15) is 8.42 Å². The van der Waals surface area contributed by atoms with Gasteiger partial charge in [0.15, 0.2) is 9.84 Å². The van der Waals surface area contributed by atoms with Crippen LogP contribution in [0.5, 0.6) is 0 Å². The highest BCUT2D eigenvalue weighted by molar-refractivity contribution is 7.92. The third-order valence-corrected chi connectivity index (χ3v) is 4.24. The summed E-state index contributed by atoms with van der Waals surface area (Å²) in [7, 11) is -1.59. The van der Waals surface area contributed by atoms with Gasteiger partial charge >= 0.3 is 0 Å². The van der Waals surface area contributed by atoms with Gasteiger partial charge in [-0.25, -0.2) is 8.42 Å². The van der Waals surface area contributed by atoms with Gasteiger partial charge in [-0.1, -0.05) is 6.92 Å². The van der Waals surface area contributed by atoms with E-state index in [1.807, 2.05) is 6.92 Å². The van der Waals surface area contributed by atoms with Gasteiger partial charge in [0.25, 0.3) is 0 Å². The van der Waals surface area contributed by atoms with Gasteiger partial charge in [-0.2, -0.15) is 0 Å². The van der Waals surface area contributed by atoms with Crippen LogP contribution in [-0.2, 0) is 14.6 Å². The van der Waals surface area contributed by atoms with Crippen LogP contribution in [-0.4, -0.2) is 39.2 Å². The Kier molecular flexibility index (Phi) is 5.51. The average molecular weight is 209 g/mol. The molecule has 2 unspecified atom stereocenters. The lowest BCUT2D eigenvalue weighted by atomic mass is 10.3. The predicted octanol–water partition coefficient (Wildman–Crippen LogP) is 0.173. The third kappa shape index (κ3) is 4.59. The minimum Gasteiger partial charge on any atom is -0.383 e. The molecule has 4 nitrogen and oxygen atoms in total. The fourth-order valence-corrected chi connectivity index (χ4v) is 2.42. The molecule has 0 aromatic carbocycles. The van der Waals surface area contributed by atoms with Crippen LogP contribution < -0.4 is 5.73 Å². The molecule has 0 heterocycles. The monoisotopic (exact) mass is 209 g/mol. The quantitative estimate of drug-likeness (QED) is 0.677. The van der Waals surface area contributed by atoms with Gasteiger partial charge in [0.05, 0.1) is 17.6 Å². The Morgan fingerprint density at radius 1 is 1.46 bits per heavy atom. The molecule has 0 spiro atoms. The number of sulfone groups is 1. The zero-order valence-corrected chi connectivity index (χ0v) is 9.30. The van der Waals surface area contributed by atoms with E-state index < -0.39 is 15.1 Å². The third-order valence-electron chi connectivity index (χ3n) is 1.99. The number of hydrogen-bond donors (Lipinski definition) is 1. The molecule has 80 valence electrons. The summed E-state index contributed by atoms with van der Waals surface area (Å²) in [5.74, 6) is 0.0496. The van der Waals surface area contributed by atoms with E-state index in [0.29, 0.717) is 6.42 Å². The Hall–Kier alpha value is -0.130. The number of hydrogen-bond acceptors (Lipinski definition) is 4. The molecule has 0 aromatic rings. The first-order valence-electron chi connectivity index (χ1n) is 4.40. The standard InChI is InChI=1S/C8H19NO3S/c1-4-8(9)6-13(10,11)7(2)5-12-3/h7-8H,4-6,9H2,1-3H3. The van der Waals surface area contributed by atoms with Crippen LogP contribution in [0.15, 0.2) is 0 Å². The molecule has 0 aromatic heterocycles. The summed E-state index contributed by atoms with van der Waals surface area (Å²) < 4.78 is 27.8. The maximum absolute atomic E-state index is 11.5. The van der Waals surface area contributed by atoms with Crippen LogP contribution in [0.3, 0.4) is 0 Å². The lowest BCUT2D eigenvalue weighted by Gasteiger charge is -2.14. The summed E-state index contributed by atoms with van der Waals surface area (Å²) in [6, 6.07) is -0.260. The lowest BCUT2D eigenvalue weighted by molar-refractivity contribution is 0.200. The van der Waals surface area contributed by atoms with Crippen LogP contribution >= 0.6 is 0 Å². The fraction of sp³-hybridized carbons (Fsp3) is 1.00. The largest absolute Gasteiger partial charge is 0.383 e. The van der Waals surface area contributed by atoms with Crippen molar-refractivity contribution in [3.63, 3.8) is 0 Å². The fourth-order valence-electron chi connectivity index (χ4n) is 0.919. The molecular weight excluding hydrogens is 190 g/mol. The zero-order chi connectivity index (χ0) is 10.5. The van der Waals surface area contributed by atoms with Crippen molar-refractivity contribution in [3.05, 3.63) is 0 Å². The van der Waals surface area contributed by atoms with Crippen LogP contribution in [0.1, 0.15) is 20.3 Å². The molecule has 0 radical (unpaired) electrons. The smallest absolute Gasteiger partial charge is 0.156 e. The highest BCUT2D eigenvalue weighted by Gasteiger charge is 2.22. The molecule has 0 amide bonds. The SMILES string of the molecule is CCC(N)CS(=O)(=O)C(C)COC. The van der Waals surface area contributed by atoms with E-state index in [2.05, 4.69) is 0 Å². The Morgan fingerprint density at radius 3 is 2.38 bits per heavy atom. The van der Waals surface area contributed by atoms with E-state index in [1.54, 1.807) is 6.92 Å². The van der Waals surface area contributed by atoms with Crippen molar-refractivity contribution in [2.24, 2.45) is 5.73 Å².